The van der Waals surface area contributed by atoms with Crippen molar-refractivity contribution in [3.63, 3.8) is 0 Å². The van der Waals surface area contributed by atoms with Gasteiger partial charge in [0.05, 0.1) is 20.6 Å². The molecule has 0 radical (unpaired) electrons. The first-order valence-electron chi connectivity index (χ1n) is 7.42. The van der Waals surface area contributed by atoms with Gasteiger partial charge in [-0.25, -0.2) is 0 Å². The van der Waals surface area contributed by atoms with E-state index in [1.54, 1.807) is 32.4 Å². The van der Waals surface area contributed by atoms with Crippen molar-refractivity contribution in [1.82, 2.24) is 10.1 Å². The summed E-state index contributed by atoms with van der Waals surface area (Å²) in [7, 11) is 3.12. The second-order valence-electron chi connectivity index (χ2n) is 5.00. The molecule has 0 bridgehead atoms. The van der Waals surface area contributed by atoms with Crippen molar-refractivity contribution in [3.8, 4) is 22.9 Å². The Labute approximate surface area is 148 Å². The Kier molecular flexibility index (Phi) is 5.30. The lowest BCUT2D eigenvalue weighted by Gasteiger charge is -2.07. The first-order chi connectivity index (χ1) is 12.2. The maximum absolute atomic E-state index is 11.8. The number of nitrogens with zero attached hydrogens (tertiary/aromatic N) is 2. The highest BCUT2D eigenvalue weighted by atomic mass is 32.1. The molecule has 1 aromatic carbocycles. The predicted molar refractivity (Wildman–Crippen MR) is 90.7 cm³/mol. The third-order valence-corrected chi connectivity index (χ3v) is 4.24. The summed E-state index contributed by atoms with van der Waals surface area (Å²) in [6, 6.07) is 9.06. The van der Waals surface area contributed by atoms with E-state index in [-0.39, 0.29) is 24.9 Å². The minimum atomic E-state index is -0.340. The molecule has 0 saturated carbocycles. The number of hydrogen-bond acceptors (Lipinski definition) is 8. The number of aromatic nitrogens is 2. The fraction of sp³-hybridized carbons (Fsp3) is 0.235. The maximum Gasteiger partial charge on any atom is 0.311 e. The smallest absolute Gasteiger partial charge is 0.311 e. The number of esters is 1. The van der Waals surface area contributed by atoms with Gasteiger partial charge >= 0.3 is 5.97 Å². The van der Waals surface area contributed by atoms with Gasteiger partial charge in [0, 0.05) is 10.4 Å². The van der Waals surface area contributed by atoms with Crippen LogP contribution in [0.2, 0.25) is 0 Å². The van der Waals surface area contributed by atoms with Crippen LogP contribution < -0.4 is 9.47 Å². The zero-order valence-electron chi connectivity index (χ0n) is 13.7. The monoisotopic (exact) mass is 360 g/mol. The molecule has 0 aliphatic carbocycles. The molecule has 3 rings (SSSR count). The van der Waals surface area contributed by atoms with Crippen molar-refractivity contribution in [2.24, 2.45) is 0 Å². The second-order valence-corrected chi connectivity index (χ2v) is 6.03. The molecular formula is C17H16N2O5S. The van der Waals surface area contributed by atoms with Crippen molar-refractivity contribution < 1.29 is 23.5 Å². The maximum atomic E-state index is 11.8. The highest BCUT2D eigenvalue weighted by Gasteiger charge is 2.14. The lowest BCUT2D eigenvalue weighted by atomic mass is 10.2. The minimum Gasteiger partial charge on any atom is -0.493 e. The van der Waals surface area contributed by atoms with Crippen LogP contribution in [0.5, 0.6) is 11.5 Å². The van der Waals surface area contributed by atoms with Gasteiger partial charge in [-0.05, 0) is 29.6 Å². The van der Waals surface area contributed by atoms with E-state index in [4.69, 9.17) is 18.7 Å². The van der Waals surface area contributed by atoms with E-state index < -0.39 is 0 Å². The predicted octanol–water partition coefficient (Wildman–Crippen LogP) is 3.10. The van der Waals surface area contributed by atoms with Gasteiger partial charge in [-0.15, -0.1) is 11.3 Å². The summed E-state index contributed by atoms with van der Waals surface area (Å²) in [6.07, 6.45) is 0.230. The number of carbonyl (C=O) groups is 1. The van der Waals surface area contributed by atoms with Crippen LogP contribution in [-0.2, 0) is 22.6 Å². The number of carbonyl (C=O) groups excluding carboxylic acids is 1. The molecule has 0 saturated heterocycles. The van der Waals surface area contributed by atoms with Crippen LogP contribution in [0.4, 0.5) is 0 Å². The van der Waals surface area contributed by atoms with Gasteiger partial charge in [-0.2, -0.15) is 4.98 Å². The average Bonchev–Trinajstić information content (AvgIpc) is 3.31. The number of methoxy groups -OCH3 is 2. The van der Waals surface area contributed by atoms with Gasteiger partial charge in [0.1, 0.15) is 0 Å². The highest BCUT2D eigenvalue weighted by molar-refractivity contribution is 7.10. The highest BCUT2D eigenvalue weighted by Crippen LogP contribution is 2.31. The second kappa shape index (κ2) is 7.80. The Morgan fingerprint density at radius 2 is 2.04 bits per heavy atom. The Balaban J connectivity index is 1.63. The van der Waals surface area contributed by atoms with E-state index in [2.05, 4.69) is 10.1 Å². The summed E-state index contributed by atoms with van der Waals surface area (Å²) in [5, 5.41) is 5.81. The van der Waals surface area contributed by atoms with Gasteiger partial charge in [0.15, 0.2) is 18.1 Å². The van der Waals surface area contributed by atoms with E-state index in [1.165, 1.54) is 11.3 Å². The molecule has 2 heterocycles. The summed E-state index contributed by atoms with van der Waals surface area (Å²) in [5.74, 6) is 1.44. The Morgan fingerprint density at radius 3 is 2.76 bits per heavy atom. The molecule has 0 atom stereocenters. The molecule has 0 spiro atoms. The molecule has 0 unspecified atom stereocenters. The molecule has 2 aromatic heterocycles. The van der Waals surface area contributed by atoms with E-state index in [9.17, 15) is 4.79 Å². The van der Waals surface area contributed by atoms with Crippen LogP contribution >= 0.6 is 11.3 Å². The van der Waals surface area contributed by atoms with Crippen LogP contribution in [0.25, 0.3) is 11.4 Å². The van der Waals surface area contributed by atoms with Crippen LogP contribution in [0.15, 0.2) is 40.2 Å². The zero-order chi connectivity index (χ0) is 17.6. The summed E-state index contributed by atoms with van der Waals surface area (Å²) in [5.41, 5.74) is 0.706. The Bertz CT molecular complexity index is 845. The molecule has 0 fully saturated rings. The van der Waals surface area contributed by atoms with Gasteiger partial charge in [0.2, 0.25) is 5.82 Å². The fourth-order valence-corrected chi connectivity index (χ4v) is 2.84. The molecule has 7 nitrogen and oxygen atoms in total. The number of rotatable bonds is 7. The van der Waals surface area contributed by atoms with Gasteiger partial charge in [-0.3, -0.25) is 4.79 Å². The lowest BCUT2D eigenvalue weighted by molar-refractivity contribution is -0.144. The standard InChI is InChI=1S/C17H16N2O5S/c1-21-13-6-5-11(8-14(13)22-2)17-18-15(24-19-17)10-23-16(20)9-12-4-3-7-25-12/h3-8H,9-10H2,1-2H3. The summed E-state index contributed by atoms with van der Waals surface area (Å²) >= 11 is 1.51. The van der Waals surface area contributed by atoms with E-state index in [1.807, 2.05) is 17.5 Å². The first kappa shape index (κ1) is 17.0. The normalized spacial score (nSPS) is 10.5. The third kappa shape index (κ3) is 4.16. The molecule has 8 heteroatoms. The molecule has 25 heavy (non-hydrogen) atoms. The van der Waals surface area contributed by atoms with Crippen molar-refractivity contribution in [2.75, 3.05) is 14.2 Å². The SMILES string of the molecule is COc1ccc(-c2noc(COC(=O)Cc3cccs3)n2)cc1OC. The van der Waals surface area contributed by atoms with Crippen molar-refractivity contribution >= 4 is 17.3 Å². The zero-order valence-corrected chi connectivity index (χ0v) is 14.5. The lowest BCUT2D eigenvalue weighted by Crippen LogP contribution is -2.07. The summed E-state index contributed by atoms with van der Waals surface area (Å²) in [4.78, 5) is 17.0. The molecule has 0 N–H and O–H groups in total. The molecule has 3 aromatic rings. The Hall–Kier alpha value is -2.87. The molecule has 0 aliphatic rings. The number of benzene rings is 1. The van der Waals surface area contributed by atoms with E-state index >= 15 is 0 Å². The number of hydrogen-bond donors (Lipinski definition) is 0. The van der Waals surface area contributed by atoms with Crippen LogP contribution in [0.3, 0.4) is 0 Å². The van der Waals surface area contributed by atoms with E-state index in [0.717, 1.165) is 4.88 Å². The first-order valence-corrected chi connectivity index (χ1v) is 8.30. The van der Waals surface area contributed by atoms with Gasteiger partial charge < -0.3 is 18.7 Å². The van der Waals surface area contributed by atoms with Gasteiger partial charge in [0.25, 0.3) is 5.89 Å². The topological polar surface area (TPSA) is 83.7 Å². The summed E-state index contributed by atoms with van der Waals surface area (Å²) in [6.45, 7) is -0.0650. The van der Waals surface area contributed by atoms with Crippen molar-refractivity contribution in [3.05, 3.63) is 46.5 Å². The van der Waals surface area contributed by atoms with Gasteiger partial charge in [-0.1, -0.05) is 11.2 Å². The van der Waals surface area contributed by atoms with Crippen LogP contribution in [0, 0.1) is 0 Å². The van der Waals surface area contributed by atoms with Crippen LogP contribution in [-0.4, -0.2) is 30.3 Å². The number of thiophene rings is 1. The number of ether oxygens (including phenoxy) is 3. The quantitative estimate of drug-likeness (QED) is 0.599. The minimum absolute atomic E-state index is 0.0650. The molecule has 0 aliphatic heterocycles. The van der Waals surface area contributed by atoms with Crippen molar-refractivity contribution in [1.29, 1.82) is 0 Å². The largest absolute Gasteiger partial charge is 0.493 e. The Morgan fingerprint density at radius 1 is 1.20 bits per heavy atom. The average molecular weight is 360 g/mol. The van der Waals surface area contributed by atoms with Crippen LogP contribution in [0.1, 0.15) is 10.8 Å². The van der Waals surface area contributed by atoms with Crippen molar-refractivity contribution in [2.45, 2.75) is 13.0 Å². The summed E-state index contributed by atoms with van der Waals surface area (Å²) < 4.78 is 20.7. The fourth-order valence-electron chi connectivity index (χ4n) is 2.15. The molecular weight excluding hydrogens is 344 g/mol. The molecule has 0 amide bonds. The van der Waals surface area contributed by atoms with E-state index in [0.29, 0.717) is 22.9 Å². The third-order valence-electron chi connectivity index (χ3n) is 3.37. The molecule has 130 valence electrons.